The molecule has 1 atom stereocenters. The van der Waals surface area contributed by atoms with E-state index in [2.05, 4.69) is 6.92 Å². The zero-order valence-corrected chi connectivity index (χ0v) is 5.40. The lowest BCUT2D eigenvalue weighted by Crippen LogP contribution is -2.25. The Bertz CT molecular complexity index is 98.6. The molecule has 1 N–H and O–H groups in total. The Morgan fingerprint density at radius 2 is 2.38 bits per heavy atom. The van der Waals surface area contributed by atoms with Gasteiger partial charge in [0.25, 0.3) is 0 Å². The van der Waals surface area contributed by atoms with Crippen LogP contribution in [-0.4, -0.2) is 17.0 Å². The van der Waals surface area contributed by atoms with Gasteiger partial charge in [-0.2, -0.15) is 0 Å². The van der Waals surface area contributed by atoms with Gasteiger partial charge in [-0.05, 0) is 13.8 Å². The van der Waals surface area contributed by atoms with Gasteiger partial charge in [0.1, 0.15) is 0 Å². The van der Waals surface area contributed by atoms with Crippen molar-refractivity contribution in [3.8, 4) is 0 Å². The van der Waals surface area contributed by atoms with Crippen LogP contribution in [0.25, 0.3) is 0 Å². The number of hydrogen-bond donors (Lipinski definition) is 1. The highest BCUT2D eigenvalue weighted by Gasteiger charge is 2.25. The van der Waals surface area contributed by atoms with Crippen molar-refractivity contribution < 1.29 is 9.90 Å². The summed E-state index contributed by atoms with van der Waals surface area (Å²) < 4.78 is 0. The maximum absolute atomic E-state index is 10.1. The minimum Gasteiger partial charge on any atom is -0.481 e. The van der Waals surface area contributed by atoms with E-state index in [1.54, 1.807) is 0 Å². The molecule has 3 heteroatoms. The molecule has 0 saturated heterocycles. The number of aliphatic carboxylic acids is 1. The Morgan fingerprint density at radius 1 is 2.00 bits per heavy atom. The summed E-state index contributed by atoms with van der Waals surface area (Å²) in [6.45, 7) is 4.83. The summed E-state index contributed by atoms with van der Waals surface area (Å²) in [6, 6.07) is 0. The fraction of sp³-hybridized carbons (Fsp3) is 0.600. The van der Waals surface area contributed by atoms with Gasteiger partial charge in [0.15, 0.2) is 0 Å². The fourth-order valence-electron chi connectivity index (χ4n) is 0.0572. The van der Waals surface area contributed by atoms with Gasteiger partial charge in [0.05, 0.1) is 5.41 Å². The molecule has 47 valence electrons. The van der Waals surface area contributed by atoms with Crippen LogP contribution in [0.1, 0.15) is 6.92 Å². The topological polar surface area (TPSA) is 37.3 Å². The van der Waals surface area contributed by atoms with E-state index in [0.29, 0.717) is 0 Å². The van der Waals surface area contributed by atoms with Gasteiger partial charge in [-0.1, -0.05) is 0 Å². The van der Waals surface area contributed by atoms with E-state index in [9.17, 15) is 4.79 Å². The Hall–Kier alpha value is -0.240. The molecule has 0 aliphatic carbocycles. The predicted molar refractivity (Wildman–Crippen MR) is 31.8 cm³/mol. The van der Waals surface area contributed by atoms with Crippen molar-refractivity contribution in [2.24, 2.45) is 5.41 Å². The lowest BCUT2D eigenvalue weighted by atomic mass is 9.97. The van der Waals surface area contributed by atoms with Crippen LogP contribution in [0.15, 0.2) is 0 Å². The molecule has 0 fully saturated rings. The number of carboxylic acids is 1. The molecule has 0 aromatic heterocycles. The number of halogens is 1. The minimum absolute atomic E-state index is 0.0440. The van der Waals surface area contributed by atoms with Crippen LogP contribution in [0.5, 0.6) is 0 Å². The second-order valence-corrected chi connectivity index (χ2v) is 2.27. The third-order valence-electron chi connectivity index (χ3n) is 0.811. The molecular formula is C5H8ClO2. The average Bonchev–Trinajstić information content (AvgIpc) is 1.67. The monoisotopic (exact) mass is 135 g/mol. The first-order valence-corrected chi connectivity index (χ1v) is 2.69. The van der Waals surface area contributed by atoms with Crippen molar-refractivity contribution in [2.45, 2.75) is 6.92 Å². The molecule has 0 rings (SSSR count). The van der Waals surface area contributed by atoms with E-state index in [1.807, 2.05) is 0 Å². The summed E-state index contributed by atoms with van der Waals surface area (Å²) in [6.07, 6.45) is 0. The number of hydrogen-bond acceptors (Lipinski definition) is 1. The summed E-state index contributed by atoms with van der Waals surface area (Å²) in [4.78, 5) is 10.1. The van der Waals surface area contributed by atoms with E-state index < -0.39 is 11.4 Å². The Kier molecular flexibility index (Phi) is 2.28. The zero-order valence-electron chi connectivity index (χ0n) is 4.65. The summed E-state index contributed by atoms with van der Waals surface area (Å²) in [5, 5.41) is 8.29. The standard InChI is InChI=1S/C5H8ClO2/c1-5(2,3-6)4(7)8/h1,3H2,2H3,(H,7,8). The van der Waals surface area contributed by atoms with Gasteiger partial charge < -0.3 is 5.11 Å². The highest BCUT2D eigenvalue weighted by atomic mass is 35.5. The van der Waals surface area contributed by atoms with E-state index in [-0.39, 0.29) is 5.88 Å². The largest absolute Gasteiger partial charge is 0.481 e. The molecule has 2 nitrogen and oxygen atoms in total. The summed E-state index contributed by atoms with van der Waals surface area (Å²) in [5.74, 6) is -0.921. The number of rotatable bonds is 2. The van der Waals surface area contributed by atoms with Crippen molar-refractivity contribution in [1.29, 1.82) is 0 Å². The first-order valence-electron chi connectivity index (χ1n) is 2.15. The lowest BCUT2D eigenvalue weighted by Gasteiger charge is -2.12. The molecule has 0 amide bonds. The third kappa shape index (κ3) is 1.70. The van der Waals surface area contributed by atoms with Gasteiger partial charge in [-0.25, -0.2) is 0 Å². The third-order valence-corrected chi connectivity index (χ3v) is 1.40. The Morgan fingerprint density at radius 3 is 2.38 bits per heavy atom. The molecule has 0 spiro atoms. The van der Waals surface area contributed by atoms with Crippen LogP contribution in [0.3, 0.4) is 0 Å². The molecule has 1 radical (unpaired) electrons. The average molecular weight is 136 g/mol. The SMILES string of the molecule is [CH2]C(C)(CCl)C(=O)O. The molecule has 0 bridgehead atoms. The van der Waals surface area contributed by atoms with Crippen LogP contribution >= 0.6 is 11.6 Å². The lowest BCUT2D eigenvalue weighted by molar-refractivity contribution is -0.144. The van der Waals surface area contributed by atoms with Gasteiger partial charge >= 0.3 is 5.97 Å². The molecule has 8 heavy (non-hydrogen) atoms. The molecule has 0 saturated carbocycles. The van der Waals surface area contributed by atoms with Crippen LogP contribution in [0, 0.1) is 12.3 Å². The van der Waals surface area contributed by atoms with Gasteiger partial charge in [0, 0.05) is 5.88 Å². The molecule has 1 unspecified atom stereocenters. The molecular weight excluding hydrogens is 128 g/mol. The second-order valence-electron chi connectivity index (χ2n) is 2.00. The summed E-state index contributed by atoms with van der Waals surface area (Å²) in [5.41, 5.74) is -1.03. The smallest absolute Gasteiger partial charge is 0.310 e. The molecule has 0 aliphatic rings. The fourth-order valence-corrected chi connectivity index (χ4v) is 0.171. The van der Waals surface area contributed by atoms with Crippen LogP contribution in [0.4, 0.5) is 0 Å². The second kappa shape index (κ2) is 2.35. The summed E-state index contributed by atoms with van der Waals surface area (Å²) >= 11 is 5.24. The van der Waals surface area contributed by atoms with Crippen LogP contribution in [0.2, 0.25) is 0 Å². The predicted octanol–water partition coefficient (Wildman–Crippen LogP) is 1.15. The van der Waals surface area contributed by atoms with E-state index >= 15 is 0 Å². The number of carbonyl (C=O) groups is 1. The first-order chi connectivity index (χ1) is 3.50. The van der Waals surface area contributed by atoms with E-state index in [4.69, 9.17) is 16.7 Å². The van der Waals surface area contributed by atoms with Gasteiger partial charge in [0.2, 0.25) is 0 Å². The van der Waals surface area contributed by atoms with Crippen molar-refractivity contribution in [1.82, 2.24) is 0 Å². The molecule has 0 aromatic carbocycles. The van der Waals surface area contributed by atoms with Gasteiger partial charge in [-0.3, -0.25) is 4.79 Å². The Balaban J connectivity index is 3.91. The number of alkyl halides is 1. The molecule has 0 aromatic rings. The van der Waals surface area contributed by atoms with Gasteiger partial charge in [-0.15, -0.1) is 11.6 Å². The van der Waals surface area contributed by atoms with Crippen LogP contribution in [-0.2, 0) is 4.79 Å². The number of carboxylic acid groups (broad SMARTS) is 1. The highest BCUT2D eigenvalue weighted by Crippen LogP contribution is 2.15. The first kappa shape index (κ1) is 7.76. The maximum Gasteiger partial charge on any atom is 0.310 e. The van der Waals surface area contributed by atoms with Crippen molar-refractivity contribution in [3.05, 3.63) is 6.92 Å². The van der Waals surface area contributed by atoms with Crippen molar-refractivity contribution in [2.75, 3.05) is 5.88 Å². The highest BCUT2D eigenvalue weighted by molar-refractivity contribution is 6.19. The van der Waals surface area contributed by atoms with E-state index in [1.165, 1.54) is 6.92 Å². The quantitative estimate of drug-likeness (QED) is 0.577. The summed E-state index contributed by atoms with van der Waals surface area (Å²) in [7, 11) is 0. The van der Waals surface area contributed by atoms with Crippen molar-refractivity contribution in [3.63, 3.8) is 0 Å². The minimum atomic E-state index is -1.03. The molecule has 0 heterocycles. The van der Waals surface area contributed by atoms with E-state index in [0.717, 1.165) is 0 Å². The zero-order chi connectivity index (χ0) is 6.78. The van der Waals surface area contributed by atoms with Crippen molar-refractivity contribution >= 4 is 17.6 Å². The maximum atomic E-state index is 10.1. The normalized spacial score (nSPS) is 11.4. The Labute approximate surface area is 53.5 Å². The molecule has 0 aliphatic heterocycles. The van der Waals surface area contributed by atoms with Crippen LogP contribution < -0.4 is 0 Å².